The molecule has 0 spiro atoms. The van der Waals surface area contributed by atoms with Crippen molar-refractivity contribution in [1.82, 2.24) is 14.8 Å². The highest BCUT2D eigenvalue weighted by atomic mass is 16.5. The topological polar surface area (TPSA) is 97.5 Å². The van der Waals surface area contributed by atoms with Crippen LogP contribution in [0.3, 0.4) is 0 Å². The largest absolute Gasteiger partial charge is 0.496 e. The number of benzene rings is 3. The predicted octanol–water partition coefficient (Wildman–Crippen LogP) is 6.96. The molecule has 3 aromatic carbocycles. The highest BCUT2D eigenvalue weighted by Crippen LogP contribution is 2.38. The van der Waals surface area contributed by atoms with Crippen LogP contribution in [0.5, 0.6) is 11.5 Å². The van der Waals surface area contributed by atoms with Crippen molar-refractivity contribution in [1.29, 1.82) is 0 Å². The third-order valence-corrected chi connectivity index (χ3v) is 9.08. The van der Waals surface area contributed by atoms with E-state index in [1.54, 1.807) is 14.2 Å². The van der Waals surface area contributed by atoms with Gasteiger partial charge in [0, 0.05) is 50.0 Å². The van der Waals surface area contributed by atoms with Gasteiger partial charge in [-0.15, -0.1) is 0 Å². The highest BCUT2D eigenvalue weighted by molar-refractivity contribution is 5.82. The molecule has 2 heterocycles. The van der Waals surface area contributed by atoms with E-state index < -0.39 is 5.97 Å². The monoisotopic (exact) mass is 629 g/mol. The van der Waals surface area contributed by atoms with Gasteiger partial charge in [-0.05, 0) is 87.2 Å². The number of likely N-dealkylation sites (N-methyl/N-ethyl adjacent to an activating group) is 1. The molecule has 1 atom stereocenters. The lowest BCUT2D eigenvalue weighted by Gasteiger charge is -2.35. The van der Waals surface area contributed by atoms with Crippen LogP contribution in [0.4, 0.5) is 0 Å². The Morgan fingerprint density at radius 1 is 1.00 bits per heavy atom. The van der Waals surface area contributed by atoms with Gasteiger partial charge in [-0.25, -0.2) is 4.98 Å². The molecule has 1 saturated heterocycles. The predicted molar refractivity (Wildman–Crippen MR) is 181 cm³/mol. The van der Waals surface area contributed by atoms with Gasteiger partial charge in [0.25, 0.3) is 0 Å². The fraction of sp³-hybridized carbons (Fsp3) is 0.459. The average Bonchev–Trinajstić information content (AvgIpc) is 3.46. The molecule has 1 aliphatic heterocycles. The third kappa shape index (κ3) is 7.89. The highest BCUT2D eigenvalue weighted by Gasteiger charge is 2.26. The molecule has 0 aliphatic carbocycles. The molecule has 1 N–H and O–H groups in total. The minimum Gasteiger partial charge on any atom is -0.496 e. The smallest absolute Gasteiger partial charge is 0.304 e. The summed E-state index contributed by atoms with van der Waals surface area (Å²) in [6.45, 7) is 8.92. The quantitative estimate of drug-likeness (QED) is 0.140. The van der Waals surface area contributed by atoms with Crippen LogP contribution in [0.1, 0.15) is 48.8 Å². The number of hydrogen-bond acceptors (Lipinski definition) is 8. The van der Waals surface area contributed by atoms with E-state index in [0.717, 1.165) is 102 Å². The summed E-state index contributed by atoms with van der Waals surface area (Å²) in [7, 11) is 5.48. The van der Waals surface area contributed by atoms with Crippen LogP contribution in [0.15, 0.2) is 52.9 Å². The van der Waals surface area contributed by atoms with E-state index >= 15 is 0 Å². The Kier molecular flexibility index (Phi) is 11.3. The van der Waals surface area contributed by atoms with Gasteiger partial charge < -0.3 is 28.6 Å². The lowest BCUT2D eigenvalue weighted by molar-refractivity contribution is -0.138. The molecule has 1 aromatic heterocycles. The van der Waals surface area contributed by atoms with Crippen LogP contribution in [0.25, 0.3) is 33.7 Å². The maximum Gasteiger partial charge on any atom is 0.304 e. The average molecular weight is 630 g/mol. The lowest BCUT2D eigenvalue weighted by Crippen LogP contribution is -2.40. The van der Waals surface area contributed by atoms with Crippen molar-refractivity contribution < 1.29 is 28.5 Å². The molecular weight excluding hydrogens is 582 g/mol. The van der Waals surface area contributed by atoms with Gasteiger partial charge in [0.2, 0.25) is 5.89 Å². The van der Waals surface area contributed by atoms with E-state index in [4.69, 9.17) is 23.6 Å². The number of oxazole rings is 1. The Balaban J connectivity index is 1.37. The molecule has 0 bridgehead atoms. The second-order valence-corrected chi connectivity index (χ2v) is 12.3. The zero-order valence-corrected chi connectivity index (χ0v) is 27.8. The van der Waals surface area contributed by atoms with Crippen LogP contribution in [-0.4, -0.2) is 86.0 Å². The molecule has 1 unspecified atom stereocenters. The molecule has 246 valence electrons. The van der Waals surface area contributed by atoms with Crippen LogP contribution < -0.4 is 9.47 Å². The van der Waals surface area contributed by atoms with Crippen molar-refractivity contribution in [2.75, 3.05) is 54.1 Å². The molecule has 46 heavy (non-hydrogen) atoms. The van der Waals surface area contributed by atoms with E-state index in [0.29, 0.717) is 24.6 Å². The number of ether oxygens (including phenoxy) is 3. The molecule has 9 heteroatoms. The number of likely N-dealkylation sites (tertiary alicyclic amines) is 1. The SMILES string of the molecule is COCCN(C)CCCOc1cccc(-c2cccc(-c3nc4cc(CN5CCCCC5CC(=O)O)c(OC)cc4o3)c2C)c1C. The first kappa shape index (κ1) is 33.4. The summed E-state index contributed by atoms with van der Waals surface area (Å²) in [6, 6.07) is 16.4. The molecule has 0 saturated carbocycles. The molecule has 1 aliphatic rings. The van der Waals surface area contributed by atoms with Crippen LogP contribution in [0.2, 0.25) is 0 Å². The lowest BCUT2D eigenvalue weighted by atomic mass is 9.93. The zero-order valence-electron chi connectivity index (χ0n) is 27.8. The second-order valence-electron chi connectivity index (χ2n) is 12.3. The van der Waals surface area contributed by atoms with Crippen molar-refractivity contribution in [3.63, 3.8) is 0 Å². The number of carboxylic acid groups (broad SMARTS) is 1. The third-order valence-electron chi connectivity index (χ3n) is 9.08. The first-order chi connectivity index (χ1) is 22.3. The van der Waals surface area contributed by atoms with Gasteiger partial charge >= 0.3 is 5.97 Å². The van der Waals surface area contributed by atoms with E-state index in [1.165, 1.54) is 0 Å². The maximum absolute atomic E-state index is 11.5. The molecule has 0 amide bonds. The molecule has 9 nitrogen and oxygen atoms in total. The van der Waals surface area contributed by atoms with Gasteiger partial charge in [0.1, 0.15) is 17.0 Å². The minimum atomic E-state index is -0.759. The number of carboxylic acids is 1. The van der Waals surface area contributed by atoms with Gasteiger partial charge in [-0.3, -0.25) is 9.69 Å². The summed E-state index contributed by atoms with van der Waals surface area (Å²) >= 11 is 0. The Bertz CT molecular complexity index is 1630. The van der Waals surface area contributed by atoms with E-state index in [9.17, 15) is 9.90 Å². The van der Waals surface area contributed by atoms with Crippen molar-refractivity contribution in [3.05, 3.63) is 65.2 Å². The molecule has 1 fully saturated rings. The maximum atomic E-state index is 11.5. The van der Waals surface area contributed by atoms with E-state index in [1.807, 2.05) is 36.4 Å². The number of rotatable bonds is 15. The minimum absolute atomic E-state index is 0.0186. The molecular formula is C37H47N3O6. The second kappa shape index (κ2) is 15.6. The first-order valence-corrected chi connectivity index (χ1v) is 16.2. The van der Waals surface area contributed by atoms with Gasteiger partial charge in [-0.2, -0.15) is 0 Å². The van der Waals surface area contributed by atoms with Crippen LogP contribution >= 0.6 is 0 Å². The molecule has 5 rings (SSSR count). The van der Waals surface area contributed by atoms with Gasteiger partial charge in [-0.1, -0.05) is 30.7 Å². The number of hydrogen-bond donors (Lipinski definition) is 1. The summed E-state index contributed by atoms with van der Waals surface area (Å²) in [5.41, 5.74) is 7.71. The summed E-state index contributed by atoms with van der Waals surface area (Å²) in [4.78, 5) is 20.9. The van der Waals surface area contributed by atoms with E-state index in [-0.39, 0.29) is 12.5 Å². The molecule has 4 aromatic rings. The summed E-state index contributed by atoms with van der Waals surface area (Å²) in [5.74, 6) is 1.40. The summed E-state index contributed by atoms with van der Waals surface area (Å²) < 4.78 is 23.5. The van der Waals surface area contributed by atoms with Crippen molar-refractivity contribution in [2.45, 2.75) is 58.5 Å². The number of methoxy groups -OCH3 is 2. The number of carbonyl (C=O) groups is 1. The first-order valence-electron chi connectivity index (χ1n) is 16.2. The summed E-state index contributed by atoms with van der Waals surface area (Å²) in [5, 5.41) is 9.44. The number of aliphatic carboxylic acids is 1. The Morgan fingerprint density at radius 2 is 1.76 bits per heavy atom. The normalized spacial score (nSPS) is 15.5. The Morgan fingerprint density at radius 3 is 2.52 bits per heavy atom. The van der Waals surface area contributed by atoms with Gasteiger partial charge in [0.15, 0.2) is 5.58 Å². The van der Waals surface area contributed by atoms with Crippen LogP contribution in [0, 0.1) is 13.8 Å². The fourth-order valence-corrected chi connectivity index (χ4v) is 6.44. The number of piperidine rings is 1. The number of fused-ring (bicyclic) bond motifs is 1. The molecule has 0 radical (unpaired) electrons. The Hall–Kier alpha value is -3.92. The van der Waals surface area contributed by atoms with Crippen molar-refractivity contribution in [3.8, 4) is 34.1 Å². The zero-order chi connectivity index (χ0) is 32.6. The standard InChI is InChI=1S/C37H47N3O6/c1-25-29(30-13-9-15-33(26(30)2)45-19-10-16-39(3)18-20-43-4)12-8-14-31(25)37-38-32-21-27(34(44-5)23-35(32)46-37)24-40-17-7-6-11-28(40)22-36(41)42/h8-9,12-15,21,23,28H,6-7,10-11,16-20,22,24H2,1-5H3,(H,41,42). The summed E-state index contributed by atoms with van der Waals surface area (Å²) in [6.07, 6.45) is 4.09. The number of aromatic nitrogens is 1. The Labute approximate surface area is 272 Å². The van der Waals surface area contributed by atoms with Crippen LogP contribution in [-0.2, 0) is 16.1 Å². The fourth-order valence-electron chi connectivity index (χ4n) is 6.44. The van der Waals surface area contributed by atoms with E-state index in [2.05, 4.69) is 42.8 Å². The number of nitrogens with zero attached hydrogens (tertiary/aromatic N) is 3. The van der Waals surface area contributed by atoms with Gasteiger partial charge in [0.05, 0.1) is 26.7 Å². The van der Waals surface area contributed by atoms with Crippen molar-refractivity contribution >= 4 is 17.1 Å². The van der Waals surface area contributed by atoms with Crippen molar-refractivity contribution in [2.24, 2.45) is 0 Å².